The van der Waals surface area contributed by atoms with Gasteiger partial charge in [-0.05, 0) is 45.8 Å². The second-order valence-electron chi connectivity index (χ2n) is 4.39. The maximum Gasteiger partial charge on any atom is 0.267 e. The summed E-state index contributed by atoms with van der Waals surface area (Å²) >= 11 is 3.50. The molecule has 0 saturated carbocycles. The van der Waals surface area contributed by atoms with E-state index < -0.39 is 5.91 Å². The molecule has 0 saturated heterocycles. The van der Waals surface area contributed by atoms with Crippen molar-refractivity contribution in [3.05, 3.63) is 58.6 Å². The number of halogens is 1. The largest absolute Gasteiger partial charge is 0.364 e. The molecular formula is C14H11BrN4O. The number of hydrogen-bond acceptors (Lipinski definition) is 3. The number of aromatic nitrogens is 3. The Hall–Kier alpha value is -2.21. The molecule has 0 aliphatic carbocycles. The first-order chi connectivity index (χ1) is 9.65. The molecule has 5 nitrogen and oxygen atoms in total. The number of amides is 1. The molecule has 0 fully saturated rings. The number of nitrogens with zero attached hydrogens (tertiary/aromatic N) is 3. The molecule has 0 aliphatic rings. The van der Waals surface area contributed by atoms with Crippen molar-refractivity contribution in [3.63, 3.8) is 0 Å². The predicted molar refractivity (Wildman–Crippen MR) is 79.3 cm³/mol. The van der Waals surface area contributed by atoms with Gasteiger partial charge >= 0.3 is 0 Å². The van der Waals surface area contributed by atoms with Crippen molar-refractivity contribution in [2.45, 2.75) is 6.54 Å². The molecule has 100 valence electrons. The fraction of sp³-hybridized carbons (Fsp3) is 0.0714. The molecule has 0 unspecified atom stereocenters. The molecule has 20 heavy (non-hydrogen) atoms. The Labute approximate surface area is 123 Å². The van der Waals surface area contributed by atoms with E-state index in [2.05, 4.69) is 25.9 Å². The average Bonchev–Trinajstić information content (AvgIpc) is 2.76. The molecular weight excluding hydrogens is 320 g/mol. The first-order valence-corrected chi connectivity index (χ1v) is 6.78. The van der Waals surface area contributed by atoms with Crippen LogP contribution in [-0.4, -0.2) is 20.4 Å². The van der Waals surface area contributed by atoms with Gasteiger partial charge in [0.2, 0.25) is 0 Å². The minimum Gasteiger partial charge on any atom is -0.364 e. The van der Waals surface area contributed by atoms with Crippen molar-refractivity contribution >= 4 is 32.9 Å². The van der Waals surface area contributed by atoms with Crippen molar-refractivity contribution in [2.24, 2.45) is 5.73 Å². The van der Waals surface area contributed by atoms with Gasteiger partial charge in [0.15, 0.2) is 0 Å². The molecule has 2 N–H and O–H groups in total. The maximum atomic E-state index is 11.3. The van der Waals surface area contributed by atoms with E-state index in [9.17, 15) is 4.79 Å². The summed E-state index contributed by atoms with van der Waals surface area (Å²) in [7, 11) is 0. The van der Waals surface area contributed by atoms with Gasteiger partial charge in [-0.1, -0.05) is 0 Å². The molecule has 0 aromatic carbocycles. The number of pyridine rings is 2. The Balaban J connectivity index is 2.10. The lowest BCUT2D eigenvalue weighted by Crippen LogP contribution is -2.13. The van der Waals surface area contributed by atoms with Crippen LogP contribution in [0.1, 0.15) is 16.1 Å². The van der Waals surface area contributed by atoms with Gasteiger partial charge in [0.25, 0.3) is 5.91 Å². The summed E-state index contributed by atoms with van der Waals surface area (Å²) in [5.74, 6) is -0.528. The minimum absolute atomic E-state index is 0.263. The summed E-state index contributed by atoms with van der Waals surface area (Å²) in [5, 5.41) is 0.948. The summed E-state index contributed by atoms with van der Waals surface area (Å²) in [5.41, 5.74) is 7.38. The van der Waals surface area contributed by atoms with Crippen LogP contribution < -0.4 is 5.73 Å². The van der Waals surface area contributed by atoms with Gasteiger partial charge < -0.3 is 10.3 Å². The number of carbonyl (C=O) groups excluding carboxylic acids is 1. The molecule has 0 aliphatic heterocycles. The van der Waals surface area contributed by atoms with Crippen LogP contribution in [0.25, 0.3) is 11.0 Å². The van der Waals surface area contributed by atoms with Gasteiger partial charge in [-0.15, -0.1) is 0 Å². The molecule has 0 bridgehead atoms. The molecule has 6 heteroatoms. The Morgan fingerprint density at radius 2 is 2.00 bits per heavy atom. The van der Waals surface area contributed by atoms with E-state index in [0.717, 1.165) is 21.1 Å². The average molecular weight is 331 g/mol. The van der Waals surface area contributed by atoms with Crippen molar-refractivity contribution in [1.29, 1.82) is 0 Å². The highest BCUT2D eigenvalue weighted by atomic mass is 79.9. The lowest BCUT2D eigenvalue weighted by atomic mass is 10.2. The van der Waals surface area contributed by atoms with Gasteiger partial charge in [-0.2, -0.15) is 0 Å². The summed E-state index contributed by atoms with van der Waals surface area (Å²) in [6.07, 6.45) is 5.44. The molecule has 3 aromatic rings. The van der Waals surface area contributed by atoms with Gasteiger partial charge in [0.05, 0.1) is 0 Å². The fourth-order valence-corrected chi connectivity index (χ4v) is 2.62. The standard InChI is InChI=1S/C14H11BrN4O/c15-11-8-19(7-9-3-5-17-6-4-9)14-10(11)1-2-12(18-14)13(16)20/h1-6,8H,7H2,(H2,16,20). The van der Waals surface area contributed by atoms with E-state index in [-0.39, 0.29) is 5.69 Å². The SMILES string of the molecule is NC(=O)c1ccc2c(Br)cn(Cc3ccncc3)c2n1. The zero-order valence-corrected chi connectivity index (χ0v) is 12.0. The van der Waals surface area contributed by atoms with Crippen LogP contribution >= 0.6 is 15.9 Å². The van der Waals surface area contributed by atoms with Crippen molar-refractivity contribution in [3.8, 4) is 0 Å². The summed E-state index contributed by atoms with van der Waals surface area (Å²) < 4.78 is 2.91. The van der Waals surface area contributed by atoms with Crippen molar-refractivity contribution in [2.75, 3.05) is 0 Å². The summed E-state index contributed by atoms with van der Waals surface area (Å²) in [4.78, 5) is 19.6. The summed E-state index contributed by atoms with van der Waals surface area (Å²) in [6, 6.07) is 7.36. The number of nitrogens with two attached hydrogens (primary N) is 1. The second-order valence-corrected chi connectivity index (χ2v) is 5.25. The number of primary amides is 1. The third-order valence-corrected chi connectivity index (χ3v) is 3.66. The second kappa shape index (κ2) is 5.05. The Morgan fingerprint density at radius 3 is 2.70 bits per heavy atom. The van der Waals surface area contributed by atoms with Crippen LogP contribution in [0.3, 0.4) is 0 Å². The Bertz CT molecular complexity index is 782. The molecule has 3 heterocycles. The topological polar surface area (TPSA) is 73.8 Å². The van der Waals surface area contributed by atoms with Gasteiger partial charge in [-0.3, -0.25) is 9.78 Å². The smallest absolute Gasteiger partial charge is 0.267 e. The van der Waals surface area contributed by atoms with Crippen LogP contribution in [0.15, 0.2) is 47.3 Å². The third kappa shape index (κ3) is 2.30. The molecule has 0 spiro atoms. The number of rotatable bonds is 3. The van der Waals surface area contributed by atoms with Crippen molar-refractivity contribution in [1.82, 2.24) is 14.5 Å². The minimum atomic E-state index is -0.528. The van der Waals surface area contributed by atoms with Gasteiger partial charge in [0, 0.05) is 35.0 Å². The molecule has 3 aromatic heterocycles. The van der Waals surface area contributed by atoms with Crippen LogP contribution in [-0.2, 0) is 6.54 Å². The van der Waals surface area contributed by atoms with Crippen molar-refractivity contribution < 1.29 is 4.79 Å². The number of carbonyl (C=O) groups is 1. The lowest BCUT2D eigenvalue weighted by molar-refractivity contribution is 0.0996. The van der Waals surface area contributed by atoms with E-state index in [1.54, 1.807) is 18.5 Å². The quantitative estimate of drug-likeness (QED) is 0.800. The molecule has 0 atom stereocenters. The van der Waals surface area contributed by atoms with Gasteiger partial charge in [-0.25, -0.2) is 4.98 Å². The highest BCUT2D eigenvalue weighted by Crippen LogP contribution is 2.25. The lowest BCUT2D eigenvalue weighted by Gasteiger charge is -2.05. The predicted octanol–water partition coefficient (Wildman–Crippen LogP) is 2.34. The fourth-order valence-electron chi connectivity index (χ4n) is 2.06. The normalized spacial score (nSPS) is 10.8. The Kier molecular flexibility index (Phi) is 3.23. The van der Waals surface area contributed by atoms with Crippen LogP contribution in [0.5, 0.6) is 0 Å². The zero-order chi connectivity index (χ0) is 14.1. The van der Waals surface area contributed by atoms with Crippen LogP contribution in [0.2, 0.25) is 0 Å². The van der Waals surface area contributed by atoms with Gasteiger partial charge in [0.1, 0.15) is 11.3 Å². The summed E-state index contributed by atoms with van der Waals surface area (Å²) in [6.45, 7) is 0.653. The Morgan fingerprint density at radius 1 is 1.25 bits per heavy atom. The maximum absolute atomic E-state index is 11.3. The molecule has 1 amide bonds. The molecule has 3 rings (SSSR count). The first-order valence-electron chi connectivity index (χ1n) is 5.99. The highest BCUT2D eigenvalue weighted by Gasteiger charge is 2.11. The number of fused-ring (bicyclic) bond motifs is 1. The van der Waals surface area contributed by atoms with Crippen LogP contribution in [0.4, 0.5) is 0 Å². The van der Waals surface area contributed by atoms with E-state index in [1.807, 2.05) is 29.0 Å². The van der Waals surface area contributed by atoms with Crippen LogP contribution in [0, 0.1) is 0 Å². The number of hydrogen-bond donors (Lipinski definition) is 1. The van der Waals surface area contributed by atoms with E-state index >= 15 is 0 Å². The van der Waals surface area contributed by atoms with E-state index in [1.165, 1.54) is 0 Å². The van der Waals surface area contributed by atoms with E-state index in [0.29, 0.717) is 6.54 Å². The highest BCUT2D eigenvalue weighted by molar-refractivity contribution is 9.10. The monoisotopic (exact) mass is 330 g/mol. The third-order valence-electron chi connectivity index (χ3n) is 3.03. The molecule has 0 radical (unpaired) electrons. The zero-order valence-electron chi connectivity index (χ0n) is 10.5. The van der Waals surface area contributed by atoms with E-state index in [4.69, 9.17) is 5.73 Å². The first kappa shape index (κ1) is 12.8.